The lowest BCUT2D eigenvalue weighted by Crippen LogP contribution is -2.28. The summed E-state index contributed by atoms with van der Waals surface area (Å²) in [5.41, 5.74) is 2.17. The van der Waals surface area contributed by atoms with Gasteiger partial charge in [-0.1, -0.05) is 12.1 Å². The average molecular weight is 401 g/mol. The van der Waals surface area contributed by atoms with Gasteiger partial charge in [0.2, 0.25) is 5.91 Å². The number of nitrogens with zero attached hydrogens (tertiary/aromatic N) is 1. The monoisotopic (exact) mass is 400 g/mol. The Morgan fingerprint density at radius 3 is 2.35 bits per heavy atom. The fourth-order valence-corrected chi connectivity index (χ4v) is 3.14. The summed E-state index contributed by atoms with van der Waals surface area (Å²) < 4.78 is 5.03. The molecule has 6 nitrogen and oxygen atoms in total. The van der Waals surface area contributed by atoms with E-state index in [0.29, 0.717) is 18.2 Å². The highest BCUT2D eigenvalue weighted by molar-refractivity contribution is 6.18. The summed E-state index contributed by atoms with van der Waals surface area (Å²) in [6.45, 7) is 1.47. The molecule has 1 aliphatic rings. The Kier molecular flexibility index (Phi) is 8.19. The molecule has 0 spiro atoms. The van der Waals surface area contributed by atoms with Crippen LogP contribution in [0.2, 0.25) is 0 Å². The highest BCUT2D eigenvalue weighted by Gasteiger charge is 2.33. The number of hydrogen-bond acceptors (Lipinski definition) is 5. The molecule has 8 heteroatoms. The summed E-state index contributed by atoms with van der Waals surface area (Å²) in [6, 6.07) is 8.06. The van der Waals surface area contributed by atoms with Gasteiger partial charge in [-0.2, -0.15) is 0 Å². The van der Waals surface area contributed by atoms with Gasteiger partial charge in [0.05, 0.1) is 6.42 Å². The second kappa shape index (κ2) is 10.4. The normalized spacial score (nSPS) is 16.5. The number of hydrogen-bond donors (Lipinski definition) is 1. The molecule has 0 saturated carbocycles. The van der Waals surface area contributed by atoms with Gasteiger partial charge < -0.3 is 9.64 Å². The van der Waals surface area contributed by atoms with Gasteiger partial charge >= 0.3 is 5.97 Å². The van der Waals surface area contributed by atoms with Crippen molar-refractivity contribution in [2.24, 2.45) is 0 Å². The van der Waals surface area contributed by atoms with E-state index in [1.54, 1.807) is 0 Å². The number of anilines is 1. The van der Waals surface area contributed by atoms with Crippen molar-refractivity contribution in [1.82, 2.24) is 5.32 Å². The van der Waals surface area contributed by atoms with Crippen LogP contribution in [-0.4, -0.2) is 48.7 Å². The number of carbonyl (C=O) groups is 3. The van der Waals surface area contributed by atoms with E-state index in [9.17, 15) is 14.4 Å². The summed E-state index contributed by atoms with van der Waals surface area (Å²) in [4.78, 5) is 36.3. The highest BCUT2D eigenvalue weighted by atomic mass is 35.5. The lowest BCUT2D eigenvalue weighted by molar-refractivity contribution is -0.154. The number of benzene rings is 1. The third kappa shape index (κ3) is 6.18. The maximum atomic E-state index is 11.8. The summed E-state index contributed by atoms with van der Waals surface area (Å²) in [6.07, 6.45) is 0.449. The SMILES string of the molecule is O=C1CC(OC(=O)CCCc2ccc(N(CCCl)CCCl)cc2)C(=O)N1. The first-order valence-corrected chi connectivity index (χ1v) is 9.59. The van der Waals surface area contributed by atoms with Crippen molar-refractivity contribution in [3.63, 3.8) is 0 Å². The fraction of sp³-hybridized carbons (Fsp3) is 0.500. The number of ether oxygens (including phenoxy) is 1. The Morgan fingerprint density at radius 1 is 1.15 bits per heavy atom. The van der Waals surface area contributed by atoms with E-state index >= 15 is 0 Å². The Labute approximate surface area is 162 Å². The lowest BCUT2D eigenvalue weighted by Gasteiger charge is -2.23. The number of rotatable bonds is 10. The average Bonchev–Trinajstić information content (AvgIpc) is 2.92. The molecule has 1 unspecified atom stereocenters. The van der Waals surface area contributed by atoms with Crippen molar-refractivity contribution >= 4 is 46.7 Å². The van der Waals surface area contributed by atoms with E-state index in [0.717, 1.165) is 30.8 Å². The molecule has 1 aliphatic heterocycles. The fourth-order valence-electron chi connectivity index (χ4n) is 2.73. The Balaban J connectivity index is 1.76. The topological polar surface area (TPSA) is 75.7 Å². The van der Waals surface area contributed by atoms with Gasteiger partial charge in [0.15, 0.2) is 6.10 Å². The second-order valence-corrected chi connectivity index (χ2v) is 6.74. The standard InChI is InChI=1S/C18H22Cl2N2O4/c19-8-10-22(11-9-20)14-6-4-13(5-7-14)2-1-3-17(24)26-15-12-16(23)21-18(15)25/h4-7,15H,1-3,8-12H2,(H,21,23,25). The maximum Gasteiger partial charge on any atom is 0.306 e. The zero-order valence-electron chi connectivity index (χ0n) is 14.4. The summed E-state index contributed by atoms with van der Waals surface area (Å²) in [5, 5.41) is 2.11. The van der Waals surface area contributed by atoms with Crippen molar-refractivity contribution in [3.05, 3.63) is 29.8 Å². The van der Waals surface area contributed by atoms with Crippen LogP contribution in [-0.2, 0) is 25.5 Å². The predicted molar refractivity (Wildman–Crippen MR) is 101 cm³/mol. The molecule has 1 aromatic carbocycles. The molecule has 26 heavy (non-hydrogen) atoms. The third-order valence-electron chi connectivity index (χ3n) is 4.06. The molecule has 1 N–H and O–H groups in total. The van der Waals surface area contributed by atoms with Gasteiger partial charge in [-0.05, 0) is 30.5 Å². The summed E-state index contributed by atoms with van der Waals surface area (Å²) in [7, 11) is 0. The number of alkyl halides is 2. The minimum atomic E-state index is -0.982. The maximum absolute atomic E-state index is 11.8. The molecule has 0 radical (unpaired) electrons. The molecular weight excluding hydrogens is 379 g/mol. The zero-order valence-corrected chi connectivity index (χ0v) is 15.9. The highest BCUT2D eigenvalue weighted by Crippen LogP contribution is 2.17. The lowest BCUT2D eigenvalue weighted by atomic mass is 10.1. The molecule has 1 saturated heterocycles. The Hall–Kier alpha value is -1.79. The first-order valence-electron chi connectivity index (χ1n) is 8.52. The van der Waals surface area contributed by atoms with Crippen LogP contribution in [0, 0.1) is 0 Å². The first kappa shape index (κ1) is 20.5. The van der Waals surface area contributed by atoms with Crippen molar-refractivity contribution in [1.29, 1.82) is 0 Å². The van der Waals surface area contributed by atoms with E-state index in [1.807, 2.05) is 24.3 Å². The quantitative estimate of drug-likeness (QED) is 0.370. The van der Waals surface area contributed by atoms with Crippen LogP contribution in [0.4, 0.5) is 5.69 Å². The predicted octanol–water partition coefficient (Wildman–Crippen LogP) is 2.25. The van der Waals surface area contributed by atoms with Crippen LogP contribution in [0.25, 0.3) is 0 Å². The van der Waals surface area contributed by atoms with E-state index in [4.69, 9.17) is 27.9 Å². The van der Waals surface area contributed by atoms with Gasteiger partial charge in [-0.25, -0.2) is 0 Å². The van der Waals surface area contributed by atoms with Crippen molar-refractivity contribution in [3.8, 4) is 0 Å². The molecule has 1 fully saturated rings. The smallest absolute Gasteiger partial charge is 0.306 e. The van der Waals surface area contributed by atoms with Crippen LogP contribution in [0.3, 0.4) is 0 Å². The first-order chi connectivity index (χ1) is 12.5. The number of nitrogens with one attached hydrogen (secondary N) is 1. The molecule has 0 bridgehead atoms. The molecule has 2 amide bonds. The second-order valence-electron chi connectivity index (χ2n) is 5.98. The molecule has 1 aromatic rings. The molecule has 0 aromatic heterocycles. The molecule has 1 heterocycles. The van der Waals surface area contributed by atoms with Gasteiger partial charge in [0, 0.05) is 37.0 Å². The number of halogens is 2. The minimum absolute atomic E-state index is 0.0901. The van der Waals surface area contributed by atoms with Crippen molar-refractivity contribution in [2.75, 3.05) is 29.7 Å². The van der Waals surface area contributed by atoms with E-state index in [2.05, 4.69) is 10.2 Å². The van der Waals surface area contributed by atoms with Gasteiger partial charge in [0.1, 0.15) is 0 Å². The number of imide groups is 1. The van der Waals surface area contributed by atoms with Gasteiger partial charge in [-0.3, -0.25) is 19.7 Å². The number of aryl methyl sites for hydroxylation is 1. The molecule has 1 atom stereocenters. The van der Waals surface area contributed by atoms with Crippen LogP contribution in [0.15, 0.2) is 24.3 Å². The van der Waals surface area contributed by atoms with Crippen LogP contribution < -0.4 is 10.2 Å². The Morgan fingerprint density at radius 2 is 1.81 bits per heavy atom. The zero-order chi connectivity index (χ0) is 18.9. The van der Waals surface area contributed by atoms with Crippen molar-refractivity contribution < 1.29 is 19.1 Å². The van der Waals surface area contributed by atoms with Crippen LogP contribution in [0.5, 0.6) is 0 Å². The van der Waals surface area contributed by atoms with Gasteiger partial charge in [0.25, 0.3) is 5.91 Å². The molecule has 142 valence electrons. The number of esters is 1. The van der Waals surface area contributed by atoms with E-state index in [1.165, 1.54) is 0 Å². The van der Waals surface area contributed by atoms with Crippen LogP contribution >= 0.6 is 23.2 Å². The van der Waals surface area contributed by atoms with Crippen molar-refractivity contribution in [2.45, 2.75) is 31.8 Å². The molecule has 0 aliphatic carbocycles. The largest absolute Gasteiger partial charge is 0.452 e. The van der Waals surface area contributed by atoms with Crippen LogP contribution in [0.1, 0.15) is 24.8 Å². The number of amides is 2. The minimum Gasteiger partial charge on any atom is -0.452 e. The summed E-state index contributed by atoms with van der Waals surface area (Å²) >= 11 is 11.6. The molecular formula is C18H22Cl2N2O4. The molecule has 2 rings (SSSR count). The summed E-state index contributed by atoms with van der Waals surface area (Å²) in [5.74, 6) is -0.356. The van der Waals surface area contributed by atoms with E-state index in [-0.39, 0.29) is 12.8 Å². The third-order valence-corrected chi connectivity index (χ3v) is 4.39. The number of carbonyl (C=O) groups excluding carboxylic acids is 3. The Bertz CT molecular complexity index is 631. The van der Waals surface area contributed by atoms with E-state index < -0.39 is 23.9 Å². The van der Waals surface area contributed by atoms with Gasteiger partial charge in [-0.15, -0.1) is 23.2 Å².